The second kappa shape index (κ2) is 6.01. The predicted octanol–water partition coefficient (Wildman–Crippen LogP) is 2.70. The van der Waals surface area contributed by atoms with Crippen molar-refractivity contribution in [2.45, 2.75) is 13.5 Å². The zero-order chi connectivity index (χ0) is 18.4. The van der Waals surface area contributed by atoms with Gasteiger partial charge < -0.3 is 18.7 Å². The number of nitrogens with zero attached hydrogens (tertiary/aromatic N) is 3. The minimum Gasteiger partial charge on any atom is -0.482 e. The number of anilines is 1. The highest BCUT2D eigenvalue weighted by molar-refractivity contribution is 5.97. The van der Waals surface area contributed by atoms with Gasteiger partial charge >= 0.3 is 0 Å². The zero-order valence-corrected chi connectivity index (χ0v) is 14.5. The zero-order valence-electron chi connectivity index (χ0n) is 14.5. The largest absolute Gasteiger partial charge is 0.482 e. The fourth-order valence-corrected chi connectivity index (χ4v) is 3.09. The molecule has 5 rings (SSSR count). The molecule has 2 aliphatic rings. The Hall–Kier alpha value is -3.55. The Kier molecular flexibility index (Phi) is 3.49. The van der Waals surface area contributed by atoms with Crippen molar-refractivity contribution in [3.63, 3.8) is 0 Å². The highest BCUT2D eigenvalue weighted by Gasteiger charge is 2.27. The molecule has 0 saturated carbocycles. The number of carbonyl (C=O) groups excluding carboxylic acids is 1. The van der Waals surface area contributed by atoms with Gasteiger partial charge in [0.05, 0.1) is 5.69 Å². The Balaban J connectivity index is 1.42. The maximum atomic E-state index is 12.3. The number of hydrogen-bond acceptors (Lipinski definition) is 7. The van der Waals surface area contributed by atoms with E-state index in [1.165, 1.54) is 0 Å². The Morgan fingerprint density at radius 2 is 1.93 bits per heavy atom. The first kappa shape index (κ1) is 15.7. The summed E-state index contributed by atoms with van der Waals surface area (Å²) in [4.78, 5) is 18.3. The number of hydrogen-bond donors (Lipinski definition) is 0. The summed E-state index contributed by atoms with van der Waals surface area (Å²) in [5.41, 5.74) is 2.50. The topological polar surface area (TPSA) is 86.9 Å². The number of carbonyl (C=O) groups is 1. The van der Waals surface area contributed by atoms with Crippen molar-refractivity contribution < 1.29 is 23.5 Å². The molecule has 3 aromatic rings. The average Bonchev–Trinajstić information content (AvgIpc) is 3.32. The van der Waals surface area contributed by atoms with Crippen LogP contribution in [0.3, 0.4) is 0 Å². The molecule has 8 nitrogen and oxygen atoms in total. The van der Waals surface area contributed by atoms with E-state index in [0.29, 0.717) is 34.7 Å². The quantitative estimate of drug-likeness (QED) is 0.705. The smallest absolute Gasteiger partial charge is 0.265 e. The molecule has 0 spiro atoms. The summed E-state index contributed by atoms with van der Waals surface area (Å²) < 4.78 is 21.6. The molecular formula is C19H15N3O5. The van der Waals surface area contributed by atoms with E-state index in [2.05, 4.69) is 10.1 Å². The maximum Gasteiger partial charge on any atom is 0.265 e. The van der Waals surface area contributed by atoms with E-state index in [-0.39, 0.29) is 25.9 Å². The molecule has 0 aliphatic carbocycles. The van der Waals surface area contributed by atoms with Crippen LogP contribution in [0.25, 0.3) is 11.4 Å². The Morgan fingerprint density at radius 1 is 1.04 bits per heavy atom. The molecule has 0 unspecified atom stereocenters. The number of ether oxygens (including phenoxy) is 3. The number of aryl methyl sites for hydroxylation is 1. The van der Waals surface area contributed by atoms with Crippen molar-refractivity contribution in [3.05, 3.63) is 47.9 Å². The van der Waals surface area contributed by atoms with Crippen molar-refractivity contribution in [1.82, 2.24) is 10.1 Å². The first-order valence-corrected chi connectivity index (χ1v) is 8.44. The van der Waals surface area contributed by atoms with Gasteiger partial charge in [-0.05, 0) is 42.8 Å². The van der Waals surface area contributed by atoms with Gasteiger partial charge in [-0.15, -0.1) is 0 Å². The number of rotatable bonds is 3. The van der Waals surface area contributed by atoms with Crippen LogP contribution in [-0.4, -0.2) is 29.4 Å². The maximum absolute atomic E-state index is 12.3. The van der Waals surface area contributed by atoms with Crippen LogP contribution in [0.4, 0.5) is 5.69 Å². The summed E-state index contributed by atoms with van der Waals surface area (Å²) in [6.07, 6.45) is 0. The van der Waals surface area contributed by atoms with Gasteiger partial charge in [0.15, 0.2) is 18.1 Å². The molecule has 1 amide bonds. The average molecular weight is 365 g/mol. The molecule has 136 valence electrons. The van der Waals surface area contributed by atoms with Crippen molar-refractivity contribution >= 4 is 11.6 Å². The Labute approximate surface area is 154 Å². The molecule has 0 fully saturated rings. The van der Waals surface area contributed by atoms with Crippen LogP contribution < -0.4 is 19.1 Å². The molecule has 2 aromatic carbocycles. The second-order valence-electron chi connectivity index (χ2n) is 6.32. The summed E-state index contributed by atoms with van der Waals surface area (Å²) in [6.45, 7) is 2.34. The molecule has 8 heteroatoms. The highest BCUT2D eigenvalue weighted by atomic mass is 16.7. The third-order valence-electron chi connectivity index (χ3n) is 4.45. The molecule has 27 heavy (non-hydrogen) atoms. The molecule has 0 atom stereocenters. The van der Waals surface area contributed by atoms with Gasteiger partial charge in [-0.2, -0.15) is 4.98 Å². The van der Waals surface area contributed by atoms with Crippen molar-refractivity contribution in [2.24, 2.45) is 0 Å². The van der Waals surface area contributed by atoms with Gasteiger partial charge in [0.2, 0.25) is 18.5 Å². The van der Waals surface area contributed by atoms with E-state index in [1.54, 1.807) is 17.0 Å². The van der Waals surface area contributed by atoms with Gasteiger partial charge in [-0.25, -0.2) is 0 Å². The van der Waals surface area contributed by atoms with Crippen LogP contribution in [0.15, 0.2) is 40.9 Å². The molecule has 3 heterocycles. The minimum atomic E-state index is -0.158. The SMILES string of the molecule is Cc1ccc2c(c1)OCC(=O)N2Cc1nc(-c2ccc3c(c2)OCO3)no1. The van der Waals surface area contributed by atoms with Gasteiger partial charge in [0.1, 0.15) is 12.3 Å². The first-order valence-electron chi connectivity index (χ1n) is 8.44. The Bertz CT molecular complexity index is 1050. The standard InChI is InChI=1S/C19H15N3O5/c1-11-2-4-13-15(6-11)24-9-18(23)22(13)8-17-20-19(21-27-17)12-3-5-14-16(7-12)26-10-25-14/h2-7H,8-10H2,1H3. The van der Waals surface area contributed by atoms with E-state index in [4.69, 9.17) is 18.7 Å². The van der Waals surface area contributed by atoms with Crippen molar-refractivity contribution in [2.75, 3.05) is 18.3 Å². The lowest BCUT2D eigenvalue weighted by molar-refractivity contribution is -0.121. The summed E-state index contributed by atoms with van der Waals surface area (Å²) in [7, 11) is 0. The van der Waals surface area contributed by atoms with E-state index in [1.807, 2.05) is 31.2 Å². The van der Waals surface area contributed by atoms with Gasteiger partial charge in [0.25, 0.3) is 5.91 Å². The lowest BCUT2D eigenvalue weighted by atomic mass is 10.1. The number of aromatic nitrogens is 2. The Morgan fingerprint density at radius 3 is 2.85 bits per heavy atom. The van der Waals surface area contributed by atoms with Crippen molar-refractivity contribution in [1.29, 1.82) is 0 Å². The van der Waals surface area contributed by atoms with Crippen LogP contribution in [0.2, 0.25) is 0 Å². The van der Waals surface area contributed by atoms with Crippen LogP contribution >= 0.6 is 0 Å². The summed E-state index contributed by atoms with van der Waals surface area (Å²) in [6, 6.07) is 11.1. The van der Waals surface area contributed by atoms with Crippen molar-refractivity contribution in [3.8, 4) is 28.6 Å². The van der Waals surface area contributed by atoms with Gasteiger partial charge in [-0.3, -0.25) is 9.69 Å². The molecule has 0 N–H and O–H groups in total. The molecule has 1 aromatic heterocycles. The lowest BCUT2D eigenvalue weighted by Crippen LogP contribution is -2.38. The number of amides is 1. The third-order valence-corrected chi connectivity index (χ3v) is 4.45. The summed E-state index contributed by atoms with van der Waals surface area (Å²) in [5.74, 6) is 2.61. The fourth-order valence-electron chi connectivity index (χ4n) is 3.09. The fraction of sp³-hybridized carbons (Fsp3) is 0.211. The van der Waals surface area contributed by atoms with Crippen LogP contribution in [0, 0.1) is 6.92 Å². The number of benzene rings is 2. The molecule has 0 saturated heterocycles. The second-order valence-corrected chi connectivity index (χ2v) is 6.32. The van der Waals surface area contributed by atoms with Gasteiger partial charge in [-0.1, -0.05) is 11.2 Å². The first-order chi connectivity index (χ1) is 13.2. The normalized spacial score (nSPS) is 14.9. The number of fused-ring (bicyclic) bond motifs is 2. The van der Waals surface area contributed by atoms with E-state index in [0.717, 1.165) is 11.1 Å². The van der Waals surface area contributed by atoms with Crippen LogP contribution in [-0.2, 0) is 11.3 Å². The molecular weight excluding hydrogens is 350 g/mol. The van der Waals surface area contributed by atoms with E-state index < -0.39 is 0 Å². The minimum absolute atomic E-state index is 0.0143. The van der Waals surface area contributed by atoms with Crippen LogP contribution in [0.1, 0.15) is 11.5 Å². The highest BCUT2D eigenvalue weighted by Crippen LogP contribution is 2.36. The predicted molar refractivity (Wildman–Crippen MR) is 93.7 cm³/mol. The van der Waals surface area contributed by atoms with E-state index in [9.17, 15) is 4.79 Å². The molecule has 2 aliphatic heterocycles. The molecule has 0 radical (unpaired) electrons. The monoisotopic (exact) mass is 365 g/mol. The lowest BCUT2D eigenvalue weighted by Gasteiger charge is -2.28. The molecule has 0 bridgehead atoms. The third kappa shape index (κ3) is 2.75. The summed E-state index contributed by atoms with van der Waals surface area (Å²) >= 11 is 0. The summed E-state index contributed by atoms with van der Waals surface area (Å²) in [5, 5.41) is 4.02. The van der Waals surface area contributed by atoms with Gasteiger partial charge in [0, 0.05) is 5.56 Å². The van der Waals surface area contributed by atoms with Crippen LogP contribution in [0.5, 0.6) is 17.2 Å². The van der Waals surface area contributed by atoms with E-state index >= 15 is 0 Å².